The van der Waals surface area contributed by atoms with Crippen LogP contribution in [-0.4, -0.2) is 28.2 Å². The number of hydrogen-bond acceptors (Lipinski definition) is 3. The Labute approximate surface area is 54.9 Å². The van der Waals surface area contributed by atoms with E-state index in [-0.39, 0.29) is 11.9 Å². The zero-order valence-electron chi connectivity index (χ0n) is 4.91. The molecule has 0 rings (SSSR count). The lowest BCUT2D eigenvalue weighted by Gasteiger charge is -2.10. The summed E-state index contributed by atoms with van der Waals surface area (Å²) in [4.78, 5) is 0. The Bertz CT molecular complexity index is 56.4. The average molecular weight is 136 g/mol. The third kappa shape index (κ3) is 3.29. The van der Waals surface area contributed by atoms with Gasteiger partial charge in [0.1, 0.15) is 0 Å². The Morgan fingerprint density at radius 1 is 1.62 bits per heavy atom. The molecule has 0 aliphatic rings. The van der Waals surface area contributed by atoms with Gasteiger partial charge in [0.2, 0.25) is 0 Å². The molecular formula is C5H12O2S. The van der Waals surface area contributed by atoms with Gasteiger partial charge in [-0.15, -0.1) is 0 Å². The predicted molar refractivity (Wildman–Crippen MR) is 36.2 cm³/mol. The molecule has 0 aromatic heterocycles. The molecular weight excluding hydrogens is 124 g/mol. The minimum Gasteiger partial charge on any atom is -0.396 e. The summed E-state index contributed by atoms with van der Waals surface area (Å²) >= 11 is 3.99. The van der Waals surface area contributed by atoms with Crippen molar-refractivity contribution in [3.05, 3.63) is 0 Å². The molecule has 3 heteroatoms. The van der Waals surface area contributed by atoms with Crippen molar-refractivity contribution in [2.45, 2.75) is 24.7 Å². The van der Waals surface area contributed by atoms with Gasteiger partial charge in [-0.25, -0.2) is 0 Å². The van der Waals surface area contributed by atoms with E-state index in [9.17, 15) is 0 Å². The van der Waals surface area contributed by atoms with E-state index >= 15 is 0 Å². The molecule has 0 saturated heterocycles. The Balaban J connectivity index is 3.17. The Morgan fingerprint density at radius 2 is 2.12 bits per heavy atom. The normalized spacial score (nSPS) is 18.0. The summed E-state index contributed by atoms with van der Waals surface area (Å²) in [6, 6.07) is 0. The highest BCUT2D eigenvalue weighted by Gasteiger charge is 2.06. The molecule has 0 fully saturated rings. The van der Waals surface area contributed by atoms with E-state index in [1.54, 1.807) is 6.92 Å². The molecule has 2 nitrogen and oxygen atoms in total. The highest BCUT2D eigenvalue weighted by molar-refractivity contribution is 7.81. The molecule has 2 atom stereocenters. The van der Waals surface area contributed by atoms with Gasteiger partial charge in [-0.1, -0.05) is 0 Å². The zero-order valence-corrected chi connectivity index (χ0v) is 5.80. The fraction of sp³-hybridized carbons (Fsp3) is 1.00. The van der Waals surface area contributed by atoms with Gasteiger partial charge in [0, 0.05) is 11.9 Å². The second-order valence-electron chi connectivity index (χ2n) is 1.82. The fourth-order valence-electron chi connectivity index (χ4n) is 0.373. The summed E-state index contributed by atoms with van der Waals surface area (Å²) < 4.78 is 0. The van der Waals surface area contributed by atoms with Crippen molar-refractivity contribution in [1.29, 1.82) is 0 Å². The largest absolute Gasteiger partial charge is 0.396 e. The van der Waals surface area contributed by atoms with Crippen LogP contribution >= 0.6 is 12.6 Å². The molecule has 0 radical (unpaired) electrons. The minimum atomic E-state index is -0.425. The molecule has 0 aromatic rings. The number of rotatable bonds is 3. The zero-order chi connectivity index (χ0) is 6.57. The maximum absolute atomic E-state index is 8.76. The van der Waals surface area contributed by atoms with E-state index in [0.29, 0.717) is 6.42 Å². The number of aliphatic hydroxyl groups excluding tert-OH is 2. The van der Waals surface area contributed by atoms with E-state index in [4.69, 9.17) is 10.2 Å². The number of aliphatic hydroxyl groups is 2. The Morgan fingerprint density at radius 3 is 2.25 bits per heavy atom. The maximum atomic E-state index is 8.76. The smallest absolute Gasteiger partial charge is 0.0629 e. The Hall–Kier alpha value is 0.270. The molecule has 0 aliphatic heterocycles. The van der Waals surface area contributed by atoms with E-state index in [2.05, 4.69) is 12.6 Å². The fourth-order valence-corrected chi connectivity index (χ4v) is 0.489. The molecule has 0 bridgehead atoms. The lowest BCUT2D eigenvalue weighted by Crippen LogP contribution is -2.17. The van der Waals surface area contributed by atoms with Crippen molar-refractivity contribution >= 4 is 12.6 Å². The molecule has 8 heavy (non-hydrogen) atoms. The third-order valence-corrected chi connectivity index (χ3v) is 1.67. The van der Waals surface area contributed by atoms with Crippen LogP contribution in [0.1, 0.15) is 13.3 Å². The van der Waals surface area contributed by atoms with Gasteiger partial charge >= 0.3 is 0 Å². The van der Waals surface area contributed by atoms with Crippen LogP contribution in [0.5, 0.6) is 0 Å². The first-order valence-corrected chi connectivity index (χ1v) is 3.17. The van der Waals surface area contributed by atoms with E-state index in [1.807, 2.05) is 0 Å². The van der Waals surface area contributed by atoms with Crippen molar-refractivity contribution < 1.29 is 10.2 Å². The van der Waals surface area contributed by atoms with E-state index < -0.39 is 6.10 Å². The molecule has 0 heterocycles. The number of thiol groups is 1. The molecule has 0 aliphatic carbocycles. The first-order valence-electron chi connectivity index (χ1n) is 2.65. The SMILES string of the molecule is C[C@@H](O)[C@H](S)CCO. The second-order valence-corrected chi connectivity index (χ2v) is 2.48. The molecule has 2 N–H and O–H groups in total. The Kier molecular flexibility index (Phi) is 4.32. The summed E-state index contributed by atoms with van der Waals surface area (Å²) in [5.41, 5.74) is 0. The minimum absolute atomic E-state index is 0.0833. The van der Waals surface area contributed by atoms with Crippen LogP contribution in [0.3, 0.4) is 0 Å². The predicted octanol–water partition coefficient (Wildman–Crippen LogP) is 0.0480. The van der Waals surface area contributed by atoms with Gasteiger partial charge in [-0.05, 0) is 13.3 Å². The van der Waals surface area contributed by atoms with Crippen LogP contribution in [0.25, 0.3) is 0 Å². The summed E-state index contributed by atoms with van der Waals surface area (Å²) in [6.07, 6.45) is 0.131. The van der Waals surface area contributed by atoms with Crippen LogP contribution in [0, 0.1) is 0 Å². The van der Waals surface area contributed by atoms with Gasteiger partial charge < -0.3 is 10.2 Å². The molecule has 0 unspecified atom stereocenters. The summed E-state index contributed by atoms with van der Waals surface area (Å²) in [6.45, 7) is 1.76. The van der Waals surface area contributed by atoms with Crippen molar-refractivity contribution in [2.75, 3.05) is 6.61 Å². The lowest BCUT2D eigenvalue weighted by molar-refractivity contribution is 0.174. The van der Waals surface area contributed by atoms with Gasteiger partial charge in [0.15, 0.2) is 0 Å². The summed E-state index contributed by atoms with van der Waals surface area (Å²) in [5.74, 6) is 0. The van der Waals surface area contributed by atoms with E-state index in [1.165, 1.54) is 0 Å². The lowest BCUT2D eigenvalue weighted by atomic mass is 10.2. The van der Waals surface area contributed by atoms with Gasteiger partial charge in [0.05, 0.1) is 6.10 Å². The van der Waals surface area contributed by atoms with Crippen LogP contribution < -0.4 is 0 Å². The van der Waals surface area contributed by atoms with Crippen LogP contribution in [-0.2, 0) is 0 Å². The standard InChI is InChI=1S/C5H12O2S/c1-4(7)5(8)2-3-6/h4-8H,2-3H2,1H3/t4-,5-/m1/s1. The molecule has 0 spiro atoms. The van der Waals surface area contributed by atoms with Crippen molar-refractivity contribution in [3.63, 3.8) is 0 Å². The van der Waals surface area contributed by atoms with Gasteiger partial charge in [-0.3, -0.25) is 0 Å². The molecule has 0 aromatic carbocycles. The van der Waals surface area contributed by atoms with Gasteiger partial charge in [-0.2, -0.15) is 12.6 Å². The topological polar surface area (TPSA) is 40.5 Å². The summed E-state index contributed by atoms with van der Waals surface area (Å²) in [5, 5.41) is 17.0. The van der Waals surface area contributed by atoms with Crippen molar-refractivity contribution in [2.24, 2.45) is 0 Å². The third-order valence-electron chi connectivity index (χ3n) is 0.982. The number of hydrogen-bond donors (Lipinski definition) is 3. The first kappa shape index (κ1) is 8.27. The average Bonchev–Trinajstić information content (AvgIpc) is 1.67. The monoisotopic (exact) mass is 136 g/mol. The molecule has 0 saturated carbocycles. The van der Waals surface area contributed by atoms with Crippen molar-refractivity contribution in [3.8, 4) is 0 Å². The van der Waals surface area contributed by atoms with Crippen LogP contribution in [0.4, 0.5) is 0 Å². The second kappa shape index (κ2) is 4.18. The highest BCUT2D eigenvalue weighted by Crippen LogP contribution is 2.04. The van der Waals surface area contributed by atoms with Crippen LogP contribution in [0.15, 0.2) is 0 Å². The van der Waals surface area contributed by atoms with Gasteiger partial charge in [0.25, 0.3) is 0 Å². The maximum Gasteiger partial charge on any atom is 0.0629 e. The molecule has 50 valence electrons. The first-order chi connectivity index (χ1) is 3.68. The quantitative estimate of drug-likeness (QED) is 0.480. The van der Waals surface area contributed by atoms with E-state index in [0.717, 1.165) is 0 Å². The highest BCUT2D eigenvalue weighted by atomic mass is 32.1. The van der Waals surface area contributed by atoms with Crippen LogP contribution in [0.2, 0.25) is 0 Å². The molecule has 0 amide bonds. The van der Waals surface area contributed by atoms with Crippen molar-refractivity contribution in [1.82, 2.24) is 0 Å². The summed E-state index contributed by atoms with van der Waals surface area (Å²) in [7, 11) is 0.